The Morgan fingerprint density at radius 3 is 1.26 bits per heavy atom. The fourth-order valence-corrected chi connectivity index (χ4v) is 1.46. The van der Waals surface area contributed by atoms with E-state index in [1.807, 2.05) is 0 Å². The zero-order valence-corrected chi connectivity index (χ0v) is 8.30. The van der Waals surface area contributed by atoms with Crippen molar-refractivity contribution >= 4 is 0 Å². The molecule has 0 bridgehead atoms. The molecule has 0 saturated carbocycles. The van der Waals surface area contributed by atoms with Gasteiger partial charge >= 0.3 is 24.2 Å². The van der Waals surface area contributed by atoms with Gasteiger partial charge in [-0.05, 0) is 6.08 Å². The summed E-state index contributed by atoms with van der Waals surface area (Å²) in [6.45, 7) is 0. The molecule has 19 heavy (non-hydrogen) atoms. The van der Waals surface area contributed by atoms with Gasteiger partial charge in [0.15, 0.2) is 5.41 Å². The van der Waals surface area contributed by atoms with E-state index in [1.54, 1.807) is 0 Å². The number of hydrogen-bond acceptors (Lipinski definition) is 1. The molecule has 0 aromatic heterocycles. The van der Waals surface area contributed by atoms with Gasteiger partial charge in [0, 0.05) is 5.57 Å². The molecule has 1 rings (SSSR count). The van der Waals surface area contributed by atoms with Gasteiger partial charge in [-0.25, -0.2) is 0 Å². The van der Waals surface area contributed by atoms with E-state index < -0.39 is 41.3 Å². The maximum absolute atomic E-state index is 12.9. The molecule has 0 aromatic rings. The summed E-state index contributed by atoms with van der Waals surface area (Å²) in [6.07, 6.45) is -14.1. The van der Waals surface area contributed by atoms with Gasteiger partial charge in [0.25, 0.3) is 0 Å². The zero-order chi connectivity index (χ0) is 15.5. The highest BCUT2D eigenvalue weighted by Crippen LogP contribution is 2.70. The van der Waals surface area contributed by atoms with Crippen LogP contribution in [-0.4, -0.2) is 24.2 Å². The van der Waals surface area contributed by atoms with Gasteiger partial charge in [-0.2, -0.15) is 49.2 Å². The van der Waals surface area contributed by atoms with Gasteiger partial charge in [0.05, 0.1) is 6.07 Å². The summed E-state index contributed by atoms with van der Waals surface area (Å²) < 4.78 is 124. The molecule has 1 nitrogen and oxygen atoms in total. The summed E-state index contributed by atoms with van der Waals surface area (Å²) in [5.74, 6) is -12.9. The molecule has 0 heterocycles. The summed E-state index contributed by atoms with van der Waals surface area (Å²) >= 11 is 0. The van der Waals surface area contributed by atoms with Crippen molar-refractivity contribution in [3.63, 3.8) is 0 Å². The largest absolute Gasteiger partial charge is 0.454 e. The number of rotatable bonds is 2. The first-order valence-corrected chi connectivity index (χ1v) is 4.19. The molecule has 0 saturated heterocycles. The summed E-state index contributed by atoms with van der Waals surface area (Å²) in [5.41, 5.74) is -6.97. The minimum Gasteiger partial charge on any atom is -0.195 e. The van der Waals surface area contributed by atoms with Crippen LogP contribution < -0.4 is 0 Å². The van der Waals surface area contributed by atoms with E-state index in [4.69, 9.17) is 5.26 Å². The quantitative estimate of drug-likeness (QED) is 0.711. The first-order chi connectivity index (χ1) is 8.17. The first kappa shape index (κ1) is 15.6. The normalized spacial score (nSPS) is 19.7. The fraction of sp³-hybridized carbons (Fsp3) is 0.625. The van der Waals surface area contributed by atoms with Crippen molar-refractivity contribution in [3.8, 4) is 6.07 Å². The molecule has 0 radical (unpaired) electrons. The van der Waals surface area contributed by atoms with E-state index in [-0.39, 0.29) is 0 Å². The van der Waals surface area contributed by atoms with E-state index in [0.29, 0.717) is 6.07 Å². The zero-order valence-electron chi connectivity index (χ0n) is 8.30. The predicted molar refractivity (Wildman–Crippen MR) is 38.1 cm³/mol. The second-order valence-electron chi connectivity index (χ2n) is 3.62. The minimum absolute atomic E-state index is 0.487. The SMILES string of the molecule is N#CC1=CC1(C(F)(F)C(F)(F)F)C(F)(F)C(F)(F)F. The third-order valence-electron chi connectivity index (χ3n) is 2.53. The summed E-state index contributed by atoms with van der Waals surface area (Å²) in [7, 11) is 0. The van der Waals surface area contributed by atoms with Crippen molar-refractivity contribution in [3.05, 3.63) is 11.6 Å². The van der Waals surface area contributed by atoms with E-state index in [0.717, 1.165) is 0 Å². The summed E-state index contributed by atoms with van der Waals surface area (Å²) in [5, 5.41) is 8.08. The topological polar surface area (TPSA) is 23.8 Å². The lowest BCUT2D eigenvalue weighted by Crippen LogP contribution is -2.59. The number of nitrogens with zero attached hydrogens (tertiary/aromatic N) is 1. The van der Waals surface area contributed by atoms with Crippen molar-refractivity contribution < 1.29 is 43.9 Å². The molecular weight excluding hydrogens is 300 g/mol. The smallest absolute Gasteiger partial charge is 0.195 e. The number of alkyl halides is 10. The predicted octanol–water partition coefficient (Wildman–Crippen LogP) is 3.83. The molecular formula is C8HF10N. The highest BCUT2D eigenvalue weighted by atomic mass is 19.4. The van der Waals surface area contributed by atoms with Crippen molar-refractivity contribution in [2.75, 3.05) is 0 Å². The van der Waals surface area contributed by atoms with E-state index in [2.05, 4.69) is 0 Å². The molecule has 0 aliphatic heterocycles. The van der Waals surface area contributed by atoms with Crippen LogP contribution in [0.3, 0.4) is 0 Å². The Morgan fingerprint density at radius 2 is 1.11 bits per heavy atom. The molecule has 1 aliphatic carbocycles. The van der Waals surface area contributed by atoms with Gasteiger partial charge < -0.3 is 0 Å². The lowest BCUT2D eigenvalue weighted by atomic mass is 9.83. The Morgan fingerprint density at radius 1 is 0.789 bits per heavy atom. The first-order valence-electron chi connectivity index (χ1n) is 4.19. The van der Waals surface area contributed by atoms with Gasteiger partial charge in [0.2, 0.25) is 0 Å². The standard InChI is InChI=1S/C8HF10N/c9-5(10,7(13,14)15)4(1-3(4)2-19)6(11,12)8(16,17)18/h1H. The van der Waals surface area contributed by atoms with Crippen LogP contribution in [0.5, 0.6) is 0 Å². The van der Waals surface area contributed by atoms with Crippen LogP contribution in [0.2, 0.25) is 0 Å². The Labute approximate surface area is 97.6 Å². The average Bonchev–Trinajstić information content (AvgIpc) is 2.89. The van der Waals surface area contributed by atoms with Crippen molar-refractivity contribution in [2.45, 2.75) is 24.2 Å². The molecule has 0 unspecified atom stereocenters. The molecule has 0 spiro atoms. The molecule has 0 atom stereocenters. The molecule has 0 fully saturated rings. The molecule has 108 valence electrons. The average molecular weight is 301 g/mol. The summed E-state index contributed by atoms with van der Waals surface area (Å²) in [4.78, 5) is 0. The molecule has 0 aromatic carbocycles. The minimum atomic E-state index is -6.67. The van der Waals surface area contributed by atoms with Crippen LogP contribution in [0.15, 0.2) is 11.6 Å². The highest BCUT2D eigenvalue weighted by Gasteiger charge is 2.89. The van der Waals surface area contributed by atoms with Crippen molar-refractivity contribution in [1.82, 2.24) is 0 Å². The van der Waals surface area contributed by atoms with E-state index >= 15 is 0 Å². The Bertz CT molecular complexity index is 433. The van der Waals surface area contributed by atoms with Crippen LogP contribution in [0.25, 0.3) is 0 Å². The molecule has 0 amide bonds. The van der Waals surface area contributed by atoms with Crippen molar-refractivity contribution in [1.29, 1.82) is 5.26 Å². The number of halogens is 10. The Balaban J connectivity index is 3.45. The van der Waals surface area contributed by atoms with Gasteiger partial charge in [0.1, 0.15) is 0 Å². The lowest BCUT2D eigenvalue weighted by molar-refractivity contribution is -0.377. The second kappa shape index (κ2) is 3.55. The van der Waals surface area contributed by atoms with Crippen LogP contribution in [0.4, 0.5) is 43.9 Å². The maximum Gasteiger partial charge on any atom is 0.454 e. The Kier molecular flexibility index (Phi) is 2.91. The van der Waals surface area contributed by atoms with Crippen LogP contribution in [-0.2, 0) is 0 Å². The number of hydrogen-bond donors (Lipinski definition) is 0. The molecule has 0 N–H and O–H groups in total. The molecule has 1 aliphatic rings. The molecule has 11 heteroatoms. The fourth-order valence-electron chi connectivity index (χ4n) is 1.46. The van der Waals surface area contributed by atoms with Gasteiger partial charge in [-0.15, -0.1) is 0 Å². The number of allylic oxidation sites excluding steroid dienone is 2. The summed E-state index contributed by atoms with van der Waals surface area (Å²) in [6, 6.07) is 0.487. The van der Waals surface area contributed by atoms with Crippen LogP contribution >= 0.6 is 0 Å². The van der Waals surface area contributed by atoms with Crippen LogP contribution in [0, 0.1) is 16.7 Å². The third-order valence-corrected chi connectivity index (χ3v) is 2.53. The Hall–Kier alpha value is -1.47. The number of nitriles is 1. The monoisotopic (exact) mass is 301 g/mol. The van der Waals surface area contributed by atoms with Gasteiger partial charge in [-0.1, -0.05) is 0 Å². The third kappa shape index (κ3) is 1.68. The lowest BCUT2D eigenvalue weighted by Gasteiger charge is -2.36. The van der Waals surface area contributed by atoms with E-state index in [9.17, 15) is 43.9 Å². The van der Waals surface area contributed by atoms with Crippen molar-refractivity contribution in [2.24, 2.45) is 5.41 Å². The highest BCUT2D eigenvalue weighted by molar-refractivity contribution is 5.55. The van der Waals surface area contributed by atoms with Crippen LogP contribution in [0.1, 0.15) is 0 Å². The second-order valence-corrected chi connectivity index (χ2v) is 3.62. The van der Waals surface area contributed by atoms with Gasteiger partial charge in [-0.3, -0.25) is 0 Å². The maximum atomic E-state index is 12.9. The van der Waals surface area contributed by atoms with E-state index in [1.165, 1.54) is 0 Å².